The summed E-state index contributed by atoms with van der Waals surface area (Å²) < 4.78 is 10.9. The lowest BCUT2D eigenvalue weighted by molar-refractivity contribution is 0.368. The first kappa shape index (κ1) is 7.44. The van der Waals surface area contributed by atoms with Crippen LogP contribution in [0.4, 0.5) is 0 Å². The molecule has 1 aromatic carbocycles. The quantitative estimate of drug-likeness (QED) is 0.685. The van der Waals surface area contributed by atoms with Crippen molar-refractivity contribution in [2.75, 3.05) is 5.94 Å². The highest BCUT2D eigenvalue weighted by atomic mass is 32.2. The molecule has 0 bridgehead atoms. The van der Waals surface area contributed by atoms with Gasteiger partial charge in [-0.2, -0.15) is 0 Å². The van der Waals surface area contributed by atoms with E-state index in [0.717, 1.165) is 0 Å². The minimum atomic E-state index is -1.23. The molecule has 1 aromatic rings. The van der Waals surface area contributed by atoms with Gasteiger partial charge in [0.05, 0.1) is 10.8 Å². The SMILES string of the molecule is O=S(CO)c1ccccc1. The zero-order valence-electron chi connectivity index (χ0n) is 5.36. The highest BCUT2D eigenvalue weighted by molar-refractivity contribution is 7.84. The van der Waals surface area contributed by atoms with Crippen LogP contribution in [-0.4, -0.2) is 15.3 Å². The predicted octanol–water partition coefficient (Wildman–Crippen LogP) is 0.744. The predicted molar refractivity (Wildman–Crippen MR) is 39.9 cm³/mol. The van der Waals surface area contributed by atoms with Crippen molar-refractivity contribution in [2.24, 2.45) is 0 Å². The van der Waals surface area contributed by atoms with Crippen LogP contribution >= 0.6 is 0 Å². The summed E-state index contributed by atoms with van der Waals surface area (Å²) in [4.78, 5) is 0.671. The molecule has 0 saturated heterocycles. The van der Waals surface area contributed by atoms with Crippen LogP contribution in [-0.2, 0) is 10.8 Å². The van der Waals surface area contributed by atoms with Gasteiger partial charge in [-0.05, 0) is 12.1 Å². The molecule has 1 atom stereocenters. The molecule has 0 heterocycles. The summed E-state index contributed by atoms with van der Waals surface area (Å²) in [6.45, 7) is 0. The summed E-state index contributed by atoms with van der Waals surface area (Å²) >= 11 is 0. The minimum absolute atomic E-state index is 0.302. The summed E-state index contributed by atoms with van der Waals surface area (Å²) in [7, 11) is -1.23. The van der Waals surface area contributed by atoms with E-state index in [4.69, 9.17) is 5.11 Å². The van der Waals surface area contributed by atoms with E-state index in [1.165, 1.54) is 0 Å². The van der Waals surface area contributed by atoms with Gasteiger partial charge in [0.1, 0.15) is 5.94 Å². The zero-order chi connectivity index (χ0) is 7.40. The Kier molecular flexibility index (Phi) is 2.59. The van der Waals surface area contributed by atoms with Crippen LogP contribution in [0, 0.1) is 0 Å². The van der Waals surface area contributed by atoms with Gasteiger partial charge in [-0.15, -0.1) is 0 Å². The van der Waals surface area contributed by atoms with Crippen LogP contribution in [0.1, 0.15) is 0 Å². The van der Waals surface area contributed by atoms with Crippen molar-refractivity contribution in [1.29, 1.82) is 0 Å². The van der Waals surface area contributed by atoms with Gasteiger partial charge >= 0.3 is 0 Å². The van der Waals surface area contributed by atoms with Crippen molar-refractivity contribution in [1.82, 2.24) is 0 Å². The van der Waals surface area contributed by atoms with Crippen molar-refractivity contribution in [3.8, 4) is 0 Å². The molecule has 1 unspecified atom stereocenters. The van der Waals surface area contributed by atoms with E-state index in [9.17, 15) is 4.21 Å². The molecule has 0 radical (unpaired) electrons. The summed E-state index contributed by atoms with van der Waals surface area (Å²) in [6, 6.07) is 8.89. The van der Waals surface area contributed by atoms with Crippen molar-refractivity contribution in [2.45, 2.75) is 4.90 Å². The third-order valence-electron chi connectivity index (χ3n) is 1.12. The van der Waals surface area contributed by atoms with Crippen LogP contribution in [0.25, 0.3) is 0 Å². The maximum atomic E-state index is 10.9. The molecular formula is C7H8O2S. The Labute approximate surface area is 62.0 Å². The summed E-state index contributed by atoms with van der Waals surface area (Å²) in [5.74, 6) is -0.302. The smallest absolute Gasteiger partial charge is 0.123 e. The van der Waals surface area contributed by atoms with Gasteiger partial charge in [0.15, 0.2) is 0 Å². The molecular weight excluding hydrogens is 148 g/mol. The molecule has 54 valence electrons. The first-order valence-corrected chi connectivity index (χ1v) is 4.21. The summed E-state index contributed by atoms with van der Waals surface area (Å²) in [6.07, 6.45) is 0. The number of benzene rings is 1. The van der Waals surface area contributed by atoms with Crippen molar-refractivity contribution >= 4 is 10.8 Å². The molecule has 3 heteroatoms. The molecule has 0 spiro atoms. The van der Waals surface area contributed by atoms with Crippen LogP contribution in [0.5, 0.6) is 0 Å². The molecule has 2 nitrogen and oxygen atoms in total. The third kappa shape index (κ3) is 1.65. The van der Waals surface area contributed by atoms with Crippen LogP contribution < -0.4 is 0 Å². The largest absolute Gasteiger partial charge is 0.383 e. The third-order valence-corrected chi connectivity index (χ3v) is 2.16. The Morgan fingerprint density at radius 3 is 2.40 bits per heavy atom. The van der Waals surface area contributed by atoms with E-state index < -0.39 is 10.8 Å². The van der Waals surface area contributed by atoms with Crippen LogP contribution in [0.2, 0.25) is 0 Å². The van der Waals surface area contributed by atoms with Crippen molar-refractivity contribution < 1.29 is 9.32 Å². The van der Waals surface area contributed by atoms with Gasteiger partial charge in [-0.3, -0.25) is 4.21 Å². The van der Waals surface area contributed by atoms with Gasteiger partial charge < -0.3 is 5.11 Å². The van der Waals surface area contributed by atoms with E-state index >= 15 is 0 Å². The van der Waals surface area contributed by atoms with E-state index in [1.807, 2.05) is 6.07 Å². The van der Waals surface area contributed by atoms with Crippen LogP contribution in [0.15, 0.2) is 35.2 Å². The number of hydrogen-bond acceptors (Lipinski definition) is 2. The van der Waals surface area contributed by atoms with E-state index in [1.54, 1.807) is 24.3 Å². The maximum absolute atomic E-state index is 10.9. The van der Waals surface area contributed by atoms with Gasteiger partial charge in [-0.25, -0.2) is 0 Å². The Hall–Kier alpha value is -0.670. The van der Waals surface area contributed by atoms with Gasteiger partial charge in [-0.1, -0.05) is 18.2 Å². The number of rotatable bonds is 2. The number of aliphatic hydroxyl groups is 1. The molecule has 0 aromatic heterocycles. The second-order valence-electron chi connectivity index (χ2n) is 1.79. The molecule has 0 fully saturated rings. The molecule has 10 heavy (non-hydrogen) atoms. The number of hydrogen-bond donors (Lipinski definition) is 1. The lowest BCUT2D eigenvalue weighted by Gasteiger charge is -1.94. The lowest BCUT2D eigenvalue weighted by Crippen LogP contribution is -1.94. The maximum Gasteiger partial charge on any atom is 0.123 e. The van der Waals surface area contributed by atoms with E-state index in [2.05, 4.69) is 0 Å². The summed E-state index contributed by atoms with van der Waals surface area (Å²) in [5, 5.41) is 8.49. The molecule has 0 amide bonds. The summed E-state index contributed by atoms with van der Waals surface area (Å²) in [5.41, 5.74) is 0. The Morgan fingerprint density at radius 2 is 1.90 bits per heavy atom. The molecule has 1 N–H and O–H groups in total. The van der Waals surface area contributed by atoms with Crippen molar-refractivity contribution in [3.63, 3.8) is 0 Å². The van der Waals surface area contributed by atoms with E-state index in [-0.39, 0.29) is 5.94 Å². The standard InChI is InChI=1S/C7H8O2S/c8-6-10(9)7-4-2-1-3-5-7/h1-5,8H,6H2. The van der Waals surface area contributed by atoms with Crippen molar-refractivity contribution in [3.05, 3.63) is 30.3 Å². The second kappa shape index (κ2) is 3.49. The Morgan fingerprint density at radius 1 is 1.30 bits per heavy atom. The van der Waals surface area contributed by atoms with E-state index in [0.29, 0.717) is 4.90 Å². The second-order valence-corrected chi connectivity index (χ2v) is 3.21. The van der Waals surface area contributed by atoms with Gasteiger partial charge in [0.2, 0.25) is 0 Å². The fraction of sp³-hybridized carbons (Fsp3) is 0.143. The average Bonchev–Trinajstić information content (AvgIpc) is 2.05. The molecule has 0 aliphatic carbocycles. The fourth-order valence-electron chi connectivity index (χ4n) is 0.647. The molecule has 1 rings (SSSR count). The number of aliphatic hydroxyl groups excluding tert-OH is 1. The zero-order valence-corrected chi connectivity index (χ0v) is 6.17. The highest BCUT2D eigenvalue weighted by Gasteiger charge is 1.97. The molecule has 0 aliphatic rings. The fourth-order valence-corrected chi connectivity index (χ4v) is 1.26. The minimum Gasteiger partial charge on any atom is -0.383 e. The Bertz CT molecular complexity index is 220. The first-order valence-electron chi connectivity index (χ1n) is 2.89. The molecule has 0 aliphatic heterocycles. The topological polar surface area (TPSA) is 37.3 Å². The van der Waals surface area contributed by atoms with Crippen LogP contribution in [0.3, 0.4) is 0 Å². The monoisotopic (exact) mass is 156 g/mol. The normalized spacial score (nSPS) is 12.9. The molecule has 0 saturated carbocycles. The highest BCUT2D eigenvalue weighted by Crippen LogP contribution is 2.03. The van der Waals surface area contributed by atoms with Gasteiger partial charge in [0.25, 0.3) is 0 Å². The van der Waals surface area contributed by atoms with Gasteiger partial charge in [0, 0.05) is 4.90 Å². The lowest BCUT2D eigenvalue weighted by atomic mass is 10.4. The first-order chi connectivity index (χ1) is 4.84. The average molecular weight is 156 g/mol. The Balaban J connectivity index is 2.85.